The maximum absolute atomic E-state index is 12.9. The molecule has 2 aromatic heterocycles. The van der Waals surface area contributed by atoms with Crippen molar-refractivity contribution in [3.05, 3.63) is 44.0 Å². The summed E-state index contributed by atoms with van der Waals surface area (Å²) < 4.78 is 38.8. The Morgan fingerprint density at radius 1 is 1.48 bits per heavy atom. The molecular formula is C12H9F3N4O3S. The zero-order valence-electron chi connectivity index (χ0n) is 11.5. The zero-order chi connectivity index (χ0) is 17.2. The van der Waals surface area contributed by atoms with Crippen molar-refractivity contribution in [2.45, 2.75) is 19.5 Å². The van der Waals surface area contributed by atoms with Gasteiger partial charge in [-0.25, -0.2) is 9.97 Å². The lowest BCUT2D eigenvalue weighted by Crippen LogP contribution is -2.18. The fraction of sp³-hybridized carbons (Fsp3) is 0.250. The highest BCUT2D eigenvalue weighted by Crippen LogP contribution is 2.35. The number of alkyl halides is 3. The first-order chi connectivity index (χ1) is 10.7. The number of aryl methyl sites for hydroxylation is 1. The van der Waals surface area contributed by atoms with Gasteiger partial charge in [0.05, 0.1) is 9.93 Å². The number of nitro groups is 1. The average Bonchev–Trinajstić information content (AvgIpc) is 2.92. The van der Waals surface area contributed by atoms with Crippen molar-refractivity contribution in [3.8, 4) is 0 Å². The molecule has 2 heterocycles. The number of hydrogen-bond donors (Lipinski definition) is 1. The Labute approximate surface area is 131 Å². The Bertz CT molecular complexity index is 760. The molecule has 11 heteroatoms. The molecule has 0 saturated carbocycles. The molecular weight excluding hydrogens is 337 g/mol. The summed E-state index contributed by atoms with van der Waals surface area (Å²) in [4.78, 5) is 28.5. The van der Waals surface area contributed by atoms with E-state index in [1.807, 2.05) is 5.32 Å². The summed E-state index contributed by atoms with van der Waals surface area (Å²) in [6.07, 6.45) is -3.39. The zero-order valence-corrected chi connectivity index (χ0v) is 12.4. The van der Waals surface area contributed by atoms with Crippen molar-refractivity contribution in [2.75, 3.05) is 5.32 Å². The fourth-order valence-corrected chi connectivity index (χ4v) is 2.59. The third kappa shape index (κ3) is 3.62. The number of pyridine rings is 1. The topological polar surface area (TPSA) is 98.0 Å². The van der Waals surface area contributed by atoms with Gasteiger partial charge in [0.2, 0.25) is 5.82 Å². The third-order valence-corrected chi connectivity index (χ3v) is 3.86. The first-order valence-corrected chi connectivity index (χ1v) is 7.03. The molecule has 0 spiro atoms. The van der Waals surface area contributed by atoms with E-state index in [2.05, 4.69) is 9.97 Å². The van der Waals surface area contributed by atoms with Gasteiger partial charge in [0.1, 0.15) is 4.88 Å². The Kier molecular flexibility index (Phi) is 4.59. The van der Waals surface area contributed by atoms with Crippen LogP contribution in [0.1, 0.15) is 27.3 Å². The van der Waals surface area contributed by atoms with Crippen LogP contribution in [0.25, 0.3) is 0 Å². The largest absolute Gasteiger partial charge is 0.435 e. The van der Waals surface area contributed by atoms with Crippen molar-refractivity contribution < 1.29 is 22.9 Å². The smallest absolute Gasteiger partial charge is 0.300 e. The van der Waals surface area contributed by atoms with Crippen LogP contribution in [0.2, 0.25) is 0 Å². The van der Waals surface area contributed by atoms with Gasteiger partial charge in [0.15, 0.2) is 5.69 Å². The molecule has 1 N–H and O–H groups in total. The summed E-state index contributed by atoms with van der Waals surface area (Å²) in [5.41, 5.74) is -1.83. The Balaban J connectivity index is 2.39. The van der Waals surface area contributed by atoms with Crippen molar-refractivity contribution >= 4 is 28.7 Å². The number of halogens is 3. The third-order valence-electron chi connectivity index (χ3n) is 2.66. The number of nitrogens with zero attached hydrogens (tertiary/aromatic N) is 3. The first-order valence-electron chi connectivity index (χ1n) is 6.21. The highest BCUT2D eigenvalue weighted by molar-refractivity contribution is 7.14. The molecule has 0 fully saturated rings. The van der Waals surface area contributed by atoms with E-state index in [9.17, 15) is 28.1 Å². The van der Waals surface area contributed by atoms with E-state index < -0.39 is 39.1 Å². The number of carbonyl (C=O) groups excluding carboxylic acids is 1. The molecule has 23 heavy (non-hydrogen) atoms. The summed E-state index contributed by atoms with van der Waals surface area (Å²) >= 11 is 0.587. The van der Waals surface area contributed by atoms with E-state index in [4.69, 9.17) is 0 Å². The number of rotatable bonds is 4. The van der Waals surface area contributed by atoms with Crippen molar-refractivity contribution in [1.82, 2.24) is 9.97 Å². The Hall–Kier alpha value is -2.56. The first kappa shape index (κ1) is 16.8. The van der Waals surface area contributed by atoms with Crippen LogP contribution in [-0.2, 0) is 12.6 Å². The minimum atomic E-state index is -4.80. The molecule has 7 nitrogen and oxygen atoms in total. The SMILES string of the molecule is CCc1nc(C(F)(F)F)c(C(=O)Nc2ncccc2[N+](=O)[O-])s1. The van der Waals surface area contributed by atoms with Crippen LogP contribution < -0.4 is 5.32 Å². The summed E-state index contributed by atoms with van der Waals surface area (Å²) in [5, 5.41) is 13.0. The van der Waals surface area contributed by atoms with Crippen LogP contribution in [0.4, 0.5) is 24.7 Å². The monoisotopic (exact) mass is 346 g/mol. The second kappa shape index (κ2) is 6.28. The van der Waals surface area contributed by atoms with Crippen LogP contribution in [0.3, 0.4) is 0 Å². The van der Waals surface area contributed by atoms with E-state index >= 15 is 0 Å². The predicted octanol–water partition coefficient (Wildman–Crippen LogP) is 3.28. The highest BCUT2D eigenvalue weighted by atomic mass is 32.1. The molecule has 0 aromatic carbocycles. The van der Waals surface area contributed by atoms with Gasteiger partial charge in [-0.2, -0.15) is 13.2 Å². The number of amides is 1. The molecule has 0 radical (unpaired) electrons. The predicted molar refractivity (Wildman–Crippen MR) is 75.3 cm³/mol. The van der Waals surface area contributed by atoms with Crippen LogP contribution in [-0.4, -0.2) is 20.8 Å². The molecule has 0 aliphatic heterocycles. The molecule has 0 aliphatic carbocycles. The van der Waals surface area contributed by atoms with Crippen LogP contribution in [0.5, 0.6) is 0 Å². The van der Waals surface area contributed by atoms with Crippen LogP contribution in [0.15, 0.2) is 18.3 Å². The lowest BCUT2D eigenvalue weighted by Gasteiger charge is -2.07. The molecule has 0 atom stereocenters. The van der Waals surface area contributed by atoms with Crippen molar-refractivity contribution in [3.63, 3.8) is 0 Å². The fourth-order valence-electron chi connectivity index (χ4n) is 1.67. The van der Waals surface area contributed by atoms with Gasteiger partial charge in [0.25, 0.3) is 5.91 Å². The maximum atomic E-state index is 12.9. The van der Waals surface area contributed by atoms with Crippen LogP contribution in [0, 0.1) is 10.1 Å². The number of hydrogen-bond acceptors (Lipinski definition) is 6. The van der Waals surface area contributed by atoms with Gasteiger partial charge < -0.3 is 5.32 Å². The number of carbonyl (C=O) groups is 1. The molecule has 0 unspecified atom stereocenters. The Morgan fingerprint density at radius 3 is 2.74 bits per heavy atom. The molecule has 2 rings (SSSR count). The number of anilines is 1. The molecule has 0 saturated heterocycles. The number of nitrogens with one attached hydrogen (secondary N) is 1. The van der Waals surface area contributed by atoms with Gasteiger partial charge in [-0.15, -0.1) is 11.3 Å². The van der Waals surface area contributed by atoms with Crippen LogP contribution >= 0.6 is 11.3 Å². The summed E-state index contributed by atoms with van der Waals surface area (Å²) in [7, 11) is 0. The number of thiazole rings is 1. The molecule has 2 aromatic rings. The lowest BCUT2D eigenvalue weighted by atomic mass is 10.3. The van der Waals surface area contributed by atoms with E-state index in [1.165, 1.54) is 12.3 Å². The van der Waals surface area contributed by atoms with Crippen molar-refractivity contribution in [2.24, 2.45) is 0 Å². The van der Waals surface area contributed by atoms with E-state index in [1.54, 1.807) is 6.92 Å². The van der Waals surface area contributed by atoms with E-state index in [0.717, 1.165) is 6.07 Å². The molecule has 122 valence electrons. The Morgan fingerprint density at radius 2 is 2.17 bits per heavy atom. The highest BCUT2D eigenvalue weighted by Gasteiger charge is 2.39. The quantitative estimate of drug-likeness (QED) is 0.677. The second-order valence-corrected chi connectivity index (χ2v) is 5.30. The molecule has 0 bridgehead atoms. The van der Waals surface area contributed by atoms with Crippen molar-refractivity contribution in [1.29, 1.82) is 0 Å². The summed E-state index contributed by atoms with van der Waals surface area (Å²) in [6, 6.07) is 2.36. The minimum absolute atomic E-state index is 0.137. The normalized spacial score (nSPS) is 11.3. The van der Waals surface area contributed by atoms with E-state index in [0.29, 0.717) is 11.3 Å². The van der Waals surface area contributed by atoms with Gasteiger partial charge in [-0.3, -0.25) is 14.9 Å². The van der Waals surface area contributed by atoms with Gasteiger partial charge in [-0.05, 0) is 12.5 Å². The van der Waals surface area contributed by atoms with E-state index in [-0.39, 0.29) is 11.4 Å². The standard InChI is InChI=1S/C12H9F3N4O3S/c1-2-7-17-9(12(13,14)15)8(23-7)11(20)18-10-6(19(21)22)4-3-5-16-10/h3-5H,2H2,1H3,(H,16,18,20). The maximum Gasteiger partial charge on any atom is 0.435 e. The number of aromatic nitrogens is 2. The molecule has 1 amide bonds. The molecule has 0 aliphatic rings. The van der Waals surface area contributed by atoms with Gasteiger partial charge >= 0.3 is 11.9 Å². The van der Waals surface area contributed by atoms with Gasteiger partial charge in [0, 0.05) is 12.3 Å². The minimum Gasteiger partial charge on any atom is -0.300 e. The summed E-state index contributed by atoms with van der Waals surface area (Å²) in [6.45, 7) is 1.60. The summed E-state index contributed by atoms with van der Waals surface area (Å²) in [5.74, 6) is -1.57. The second-order valence-electron chi connectivity index (χ2n) is 4.22. The average molecular weight is 346 g/mol. The lowest BCUT2D eigenvalue weighted by molar-refractivity contribution is -0.384. The van der Waals surface area contributed by atoms with Gasteiger partial charge in [-0.1, -0.05) is 6.92 Å².